The van der Waals surface area contributed by atoms with Crippen LogP contribution in [-0.2, 0) is 4.74 Å². The van der Waals surface area contributed by atoms with Gasteiger partial charge in [0.2, 0.25) is 5.75 Å². The second-order valence-corrected chi connectivity index (χ2v) is 5.45. The van der Waals surface area contributed by atoms with E-state index >= 15 is 0 Å². The molecule has 1 aliphatic carbocycles. The molecule has 1 fully saturated rings. The van der Waals surface area contributed by atoms with E-state index in [1.54, 1.807) is 7.11 Å². The van der Waals surface area contributed by atoms with Crippen molar-refractivity contribution in [3.63, 3.8) is 0 Å². The van der Waals surface area contributed by atoms with Crippen LogP contribution in [0.25, 0.3) is 0 Å². The number of hydrogen-bond donors (Lipinski definition) is 3. The van der Waals surface area contributed by atoms with Crippen LogP contribution in [0.15, 0.2) is 6.33 Å². The Kier molecular flexibility index (Phi) is 4.29. The Morgan fingerprint density at radius 3 is 2.65 bits per heavy atom. The molecule has 2 unspecified atom stereocenters. The molecular formula is C13H23N5O2. The van der Waals surface area contributed by atoms with Gasteiger partial charge in [-0.15, -0.1) is 0 Å². The standard InChI is InChI=1S/C13H23N5O2/c1-5-20-9-6-8(13(9,2)3)17-11-10(19-4)12(18-14)16-7-15-11/h7-9H,5-6,14H2,1-4H3,(H2,15,16,17,18). The molecular weight excluding hydrogens is 258 g/mol. The van der Waals surface area contributed by atoms with Crippen LogP contribution < -0.4 is 21.3 Å². The molecule has 0 aliphatic heterocycles. The van der Waals surface area contributed by atoms with Crippen molar-refractivity contribution in [3.8, 4) is 5.75 Å². The molecule has 0 amide bonds. The molecule has 0 saturated heterocycles. The highest BCUT2D eigenvalue weighted by molar-refractivity contribution is 5.63. The predicted molar refractivity (Wildman–Crippen MR) is 77.6 cm³/mol. The molecule has 1 aromatic rings. The fourth-order valence-corrected chi connectivity index (χ4v) is 2.55. The van der Waals surface area contributed by atoms with Gasteiger partial charge >= 0.3 is 0 Å². The first-order chi connectivity index (χ1) is 9.54. The van der Waals surface area contributed by atoms with Gasteiger partial charge < -0.3 is 20.2 Å². The zero-order chi connectivity index (χ0) is 14.8. The summed E-state index contributed by atoms with van der Waals surface area (Å²) in [5, 5.41) is 3.40. The molecule has 0 radical (unpaired) electrons. The van der Waals surface area contributed by atoms with E-state index in [1.165, 1.54) is 6.33 Å². The smallest absolute Gasteiger partial charge is 0.205 e. The number of hydrazine groups is 1. The first-order valence-electron chi connectivity index (χ1n) is 6.78. The van der Waals surface area contributed by atoms with Crippen molar-refractivity contribution >= 4 is 11.6 Å². The van der Waals surface area contributed by atoms with Gasteiger partial charge in [0.15, 0.2) is 11.6 Å². The van der Waals surface area contributed by atoms with E-state index in [9.17, 15) is 0 Å². The zero-order valence-electron chi connectivity index (χ0n) is 12.4. The molecule has 7 nitrogen and oxygen atoms in total. The van der Waals surface area contributed by atoms with Crippen molar-refractivity contribution in [3.05, 3.63) is 6.33 Å². The predicted octanol–water partition coefficient (Wildman–Crippen LogP) is 1.39. The first kappa shape index (κ1) is 14.8. The molecule has 2 rings (SSSR count). The number of rotatable bonds is 6. The fourth-order valence-electron chi connectivity index (χ4n) is 2.55. The van der Waals surface area contributed by atoms with Crippen molar-refractivity contribution in [2.24, 2.45) is 11.3 Å². The maximum Gasteiger partial charge on any atom is 0.205 e. The molecule has 0 bridgehead atoms. The highest BCUT2D eigenvalue weighted by Crippen LogP contribution is 2.45. The minimum atomic E-state index is 0.0439. The molecule has 112 valence electrons. The number of ether oxygens (including phenoxy) is 2. The van der Waals surface area contributed by atoms with Gasteiger partial charge in [-0.3, -0.25) is 0 Å². The van der Waals surface area contributed by atoms with E-state index in [0.29, 0.717) is 17.4 Å². The molecule has 7 heteroatoms. The molecule has 0 aromatic carbocycles. The Morgan fingerprint density at radius 2 is 2.10 bits per heavy atom. The summed E-state index contributed by atoms with van der Waals surface area (Å²) in [7, 11) is 1.57. The third-order valence-electron chi connectivity index (χ3n) is 4.00. The number of methoxy groups -OCH3 is 1. The van der Waals surface area contributed by atoms with Crippen LogP contribution in [0.3, 0.4) is 0 Å². The normalized spacial score (nSPS) is 23.9. The molecule has 1 heterocycles. The monoisotopic (exact) mass is 281 g/mol. The van der Waals surface area contributed by atoms with Gasteiger partial charge in [0.1, 0.15) is 6.33 Å². The average molecular weight is 281 g/mol. The third kappa shape index (κ3) is 2.51. The Morgan fingerprint density at radius 1 is 1.40 bits per heavy atom. The first-order valence-corrected chi connectivity index (χ1v) is 6.78. The fraction of sp³-hybridized carbons (Fsp3) is 0.692. The number of nitrogen functional groups attached to an aromatic ring is 1. The van der Waals surface area contributed by atoms with E-state index in [4.69, 9.17) is 15.3 Å². The van der Waals surface area contributed by atoms with Gasteiger partial charge in [-0.05, 0) is 13.3 Å². The third-order valence-corrected chi connectivity index (χ3v) is 4.00. The van der Waals surface area contributed by atoms with Crippen molar-refractivity contribution in [1.29, 1.82) is 0 Å². The lowest BCUT2D eigenvalue weighted by Gasteiger charge is -2.51. The Bertz CT molecular complexity index is 466. The highest BCUT2D eigenvalue weighted by atomic mass is 16.5. The number of hydrogen-bond acceptors (Lipinski definition) is 7. The lowest BCUT2D eigenvalue weighted by molar-refractivity contribution is -0.0977. The second kappa shape index (κ2) is 5.80. The maximum atomic E-state index is 5.73. The molecule has 20 heavy (non-hydrogen) atoms. The second-order valence-electron chi connectivity index (χ2n) is 5.45. The number of nitrogens with one attached hydrogen (secondary N) is 2. The summed E-state index contributed by atoms with van der Waals surface area (Å²) in [6, 6.07) is 0.272. The van der Waals surface area contributed by atoms with Gasteiger partial charge in [0.25, 0.3) is 0 Å². The molecule has 2 atom stereocenters. The molecule has 1 aromatic heterocycles. The number of anilines is 2. The van der Waals surface area contributed by atoms with Crippen LogP contribution >= 0.6 is 0 Å². The lowest BCUT2D eigenvalue weighted by Crippen LogP contribution is -2.58. The molecule has 1 aliphatic rings. The highest BCUT2D eigenvalue weighted by Gasteiger charge is 2.49. The van der Waals surface area contributed by atoms with Crippen LogP contribution in [0.2, 0.25) is 0 Å². The van der Waals surface area contributed by atoms with Crippen molar-refractivity contribution in [1.82, 2.24) is 9.97 Å². The summed E-state index contributed by atoms with van der Waals surface area (Å²) in [4.78, 5) is 8.26. The van der Waals surface area contributed by atoms with Crippen molar-refractivity contribution < 1.29 is 9.47 Å². The van der Waals surface area contributed by atoms with Gasteiger partial charge in [-0.1, -0.05) is 13.8 Å². The molecule has 4 N–H and O–H groups in total. The van der Waals surface area contributed by atoms with Gasteiger partial charge in [-0.25, -0.2) is 15.8 Å². The molecule has 0 spiro atoms. The number of aromatic nitrogens is 2. The van der Waals surface area contributed by atoms with Crippen molar-refractivity contribution in [2.45, 2.75) is 39.3 Å². The Balaban J connectivity index is 2.12. The van der Waals surface area contributed by atoms with Gasteiger partial charge in [0, 0.05) is 18.1 Å². The van der Waals surface area contributed by atoms with Crippen LogP contribution in [0, 0.1) is 5.41 Å². The lowest BCUT2D eigenvalue weighted by atomic mass is 9.64. The Hall–Kier alpha value is -1.60. The summed E-state index contributed by atoms with van der Waals surface area (Å²) in [5.41, 5.74) is 2.55. The topological polar surface area (TPSA) is 94.3 Å². The van der Waals surface area contributed by atoms with Crippen LogP contribution in [0.1, 0.15) is 27.2 Å². The van der Waals surface area contributed by atoms with Crippen LogP contribution in [-0.4, -0.2) is 35.8 Å². The van der Waals surface area contributed by atoms with E-state index in [2.05, 4.69) is 34.6 Å². The Labute approximate surface area is 119 Å². The summed E-state index contributed by atoms with van der Waals surface area (Å²) in [5.74, 6) is 7.04. The zero-order valence-corrected chi connectivity index (χ0v) is 12.4. The molecule has 1 saturated carbocycles. The van der Waals surface area contributed by atoms with E-state index in [-0.39, 0.29) is 17.6 Å². The maximum absolute atomic E-state index is 5.73. The minimum Gasteiger partial charge on any atom is -0.490 e. The van der Waals surface area contributed by atoms with Crippen molar-refractivity contribution in [2.75, 3.05) is 24.5 Å². The quantitative estimate of drug-likeness (QED) is 0.535. The van der Waals surface area contributed by atoms with Gasteiger partial charge in [0.05, 0.1) is 13.2 Å². The van der Waals surface area contributed by atoms with Gasteiger partial charge in [-0.2, -0.15) is 0 Å². The average Bonchev–Trinajstić information content (AvgIpc) is 2.45. The van der Waals surface area contributed by atoms with Crippen LogP contribution in [0.5, 0.6) is 5.75 Å². The number of nitrogens with zero attached hydrogens (tertiary/aromatic N) is 2. The summed E-state index contributed by atoms with van der Waals surface area (Å²) >= 11 is 0. The summed E-state index contributed by atoms with van der Waals surface area (Å²) < 4.78 is 11.0. The largest absolute Gasteiger partial charge is 0.490 e. The minimum absolute atomic E-state index is 0.0439. The van der Waals surface area contributed by atoms with E-state index < -0.39 is 0 Å². The summed E-state index contributed by atoms with van der Waals surface area (Å²) in [6.07, 6.45) is 2.66. The van der Waals surface area contributed by atoms with E-state index in [1.807, 2.05) is 6.92 Å². The SMILES string of the molecule is CCOC1CC(Nc2ncnc(NN)c2OC)C1(C)C. The number of nitrogens with two attached hydrogens (primary N) is 1. The van der Waals surface area contributed by atoms with Crippen LogP contribution in [0.4, 0.5) is 11.6 Å². The van der Waals surface area contributed by atoms with E-state index in [0.717, 1.165) is 13.0 Å². The summed E-state index contributed by atoms with van der Waals surface area (Å²) in [6.45, 7) is 7.12.